The monoisotopic (exact) mass is 157 g/mol. The van der Waals surface area contributed by atoms with E-state index in [0.717, 1.165) is 0 Å². The van der Waals surface area contributed by atoms with Gasteiger partial charge in [-0.05, 0) is 26.2 Å². The molecule has 0 bridgehead atoms. The summed E-state index contributed by atoms with van der Waals surface area (Å²) in [5.74, 6) is -0.722. The molecule has 0 atom stereocenters. The molecule has 64 valence electrons. The Morgan fingerprint density at radius 2 is 2.27 bits per heavy atom. The van der Waals surface area contributed by atoms with Gasteiger partial charge in [0.1, 0.15) is 0 Å². The van der Waals surface area contributed by atoms with Crippen molar-refractivity contribution >= 4 is 5.97 Å². The highest BCUT2D eigenvalue weighted by molar-refractivity contribution is 5.66. The molecule has 2 N–H and O–H groups in total. The van der Waals surface area contributed by atoms with Crippen LogP contribution in [-0.2, 0) is 4.79 Å². The van der Waals surface area contributed by atoms with E-state index in [0.29, 0.717) is 6.54 Å². The number of hydrogen-bond donors (Lipinski definition) is 2. The first-order valence-electron chi connectivity index (χ1n) is 4.09. The van der Waals surface area contributed by atoms with Crippen molar-refractivity contribution in [2.24, 2.45) is 0 Å². The largest absolute Gasteiger partial charge is 0.481 e. The summed E-state index contributed by atoms with van der Waals surface area (Å²) in [6, 6.07) is 0. The number of carboxylic acids is 1. The summed E-state index contributed by atoms with van der Waals surface area (Å²) >= 11 is 0. The Morgan fingerprint density at radius 1 is 1.64 bits per heavy atom. The summed E-state index contributed by atoms with van der Waals surface area (Å²) < 4.78 is 0. The maximum Gasteiger partial charge on any atom is 0.304 e. The van der Waals surface area contributed by atoms with Crippen LogP contribution in [0.1, 0.15) is 32.6 Å². The van der Waals surface area contributed by atoms with Crippen molar-refractivity contribution in [3.05, 3.63) is 0 Å². The van der Waals surface area contributed by atoms with Crippen LogP contribution in [0.2, 0.25) is 0 Å². The Kier molecular flexibility index (Phi) is 2.49. The van der Waals surface area contributed by atoms with Crippen LogP contribution in [0.15, 0.2) is 0 Å². The average molecular weight is 157 g/mol. The van der Waals surface area contributed by atoms with Crippen LogP contribution in [0.5, 0.6) is 0 Å². The molecule has 0 spiro atoms. The van der Waals surface area contributed by atoms with Crippen molar-refractivity contribution in [1.29, 1.82) is 0 Å². The lowest BCUT2D eigenvalue weighted by Crippen LogP contribution is -2.48. The van der Waals surface area contributed by atoms with Crippen LogP contribution < -0.4 is 5.32 Å². The molecule has 1 aliphatic rings. The zero-order chi connectivity index (χ0) is 8.32. The van der Waals surface area contributed by atoms with Crippen molar-refractivity contribution in [1.82, 2.24) is 5.32 Å². The quantitative estimate of drug-likeness (QED) is 0.640. The number of carbonyl (C=O) groups is 1. The van der Waals surface area contributed by atoms with E-state index < -0.39 is 5.97 Å². The molecule has 0 unspecified atom stereocenters. The van der Waals surface area contributed by atoms with Crippen LogP contribution in [0.3, 0.4) is 0 Å². The summed E-state index contributed by atoms with van der Waals surface area (Å²) in [6.45, 7) is 2.75. The van der Waals surface area contributed by atoms with Crippen molar-refractivity contribution < 1.29 is 9.90 Å². The molecule has 3 nitrogen and oxygen atoms in total. The van der Waals surface area contributed by atoms with Gasteiger partial charge in [-0.2, -0.15) is 0 Å². The van der Waals surface area contributed by atoms with Crippen molar-refractivity contribution in [2.75, 3.05) is 6.54 Å². The first-order chi connectivity index (χ1) is 5.12. The van der Waals surface area contributed by atoms with Gasteiger partial charge in [0.15, 0.2) is 0 Å². The molecule has 1 aliphatic carbocycles. The third-order valence-electron chi connectivity index (χ3n) is 2.35. The molecule has 0 amide bonds. The zero-order valence-electron chi connectivity index (χ0n) is 6.89. The molecule has 0 aromatic heterocycles. The Bertz CT molecular complexity index is 152. The lowest BCUT2D eigenvalue weighted by atomic mass is 9.78. The molecule has 0 aliphatic heterocycles. The maximum atomic E-state index is 10.2. The average Bonchev–Trinajstić information content (AvgIpc) is 1.83. The van der Waals surface area contributed by atoms with E-state index >= 15 is 0 Å². The lowest BCUT2D eigenvalue weighted by molar-refractivity contribution is -0.136. The predicted molar refractivity (Wildman–Crippen MR) is 42.5 cm³/mol. The van der Waals surface area contributed by atoms with Crippen LogP contribution in [-0.4, -0.2) is 23.2 Å². The zero-order valence-corrected chi connectivity index (χ0v) is 6.89. The van der Waals surface area contributed by atoms with E-state index in [9.17, 15) is 4.79 Å². The highest BCUT2D eigenvalue weighted by Crippen LogP contribution is 2.30. The smallest absolute Gasteiger partial charge is 0.304 e. The predicted octanol–water partition coefficient (Wildman–Crippen LogP) is 0.993. The third kappa shape index (κ3) is 2.50. The Hall–Kier alpha value is -0.570. The van der Waals surface area contributed by atoms with Gasteiger partial charge in [-0.3, -0.25) is 4.79 Å². The SMILES string of the molecule is CC1(NCCC(=O)O)CCC1. The van der Waals surface area contributed by atoms with Crippen LogP contribution in [0.25, 0.3) is 0 Å². The standard InChI is InChI=1S/C8H15NO2/c1-8(4-2-5-8)9-6-3-7(10)11/h9H,2-6H2,1H3,(H,10,11). The van der Waals surface area contributed by atoms with Gasteiger partial charge in [0.05, 0.1) is 6.42 Å². The van der Waals surface area contributed by atoms with Crippen molar-refractivity contribution in [3.63, 3.8) is 0 Å². The van der Waals surface area contributed by atoms with Crippen LogP contribution in [0, 0.1) is 0 Å². The van der Waals surface area contributed by atoms with E-state index in [1.54, 1.807) is 0 Å². The van der Waals surface area contributed by atoms with Gasteiger partial charge in [-0.15, -0.1) is 0 Å². The van der Waals surface area contributed by atoms with Crippen molar-refractivity contribution in [2.45, 2.75) is 38.1 Å². The van der Waals surface area contributed by atoms with E-state index in [2.05, 4.69) is 12.2 Å². The second-order valence-corrected chi connectivity index (χ2v) is 3.48. The summed E-state index contributed by atoms with van der Waals surface area (Å²) in [4.78, 5) is 10.2. The number of nitrogens with one attached hydrogen (secondary N) is 1. The summed E-state index contributed by atoms with van der Waals surface area (Å²) in [6.07, 6.45) is 3.88. The second kappa shape index (κ2) is 3.22. The van der Waals surface area contributed by atoms with Gasteiger partial charge >= 0.3 is 5.97 Å². The maximum absolute atomic E-state index is 10.2. The molecule has 0 heterocycles. The molecule has 0 radical (unpaired) electrons. The highest BCUT2D eigenvalue weighted by Gasteiger charge is 2.30. The van der Waals surface area contributed by atoms with Gasteiger partial charge in [-0.1, -0.05) is 0 Å². The van der Waals surface area contributed by atoms with Gasteiger partial charge in [0.2, 0.25) is 0 Å². The topological polar surface area (TPSA) is 49.3 Å². The summed E-state index contributed by atoms with van der Waals surface area (Å²) in [5.41, 5.74) is 0.245. The molecule has 1 rings (SSSR count). The van der Waals surface area contributed by atoms with Gasteiger partial charge < -0.3 is 10.4 Å². The number of hydrogen-bond acceptors (Lipinski definition) is 2. The number of aliphatic carboxylic acids is 1. The molecule has 0 aromatic rings. The van der Waals surface area contributed by atoms with E-state index in [-0.39, 0.29) is 12.0 Å². The second-order valence-electron chi connectivity index (χ2n) is 3.48. The van der Waals surface area contributed by atoms with Gasteiger partial charge in [0.25, 0.3) is 0 Å². The molecule has 11 heavy (non-hydrogen) atoms. The Labute approximate surface area is 66.8 Å². The highest BCUT2D eigenvalue weighted by atomic mass is 16.4. The van der Waals surface area contributed by atoms with Gasteiger partial charge in [-0.25, -0.2) is 0 Å². The Balaban J connectivity index is 2.07. The molecule has 0 aromatic carbocycles. The fourth-order valence-electron chi connectivity index (χ4n) is 1.36. The fraction of sp³-hybridized carbons (Fsp3) is 0.875. The lowest BCUT2D eigenvalue weighted by Gasteiger charge is -2.39. The number of rotatable bonds is 4. The normalized spacial score (nSPS) is 20.8. The molecule has 1 saturated carbocycles. The summed E-state index contributed by atoms with van der Waals surface area (Å²) in [7, 11) is 0. The minimum Gasteiger partial charge on any atom is -0.481 e. The molecule has 3 heteroatoms. The molecular weight excluding hydrogens is 142 g/mol. The minimum atomic E-state index is -0.722. The summed E-state index contributed by atoms with van der Waals surface area (Å²) in [5, 5.41) is 11.6. The molecule has 1 fully saturated rings. The van der Waals surface area contributed by atoms with E-state index in [4.69, 9.17) is 5.11 Å². The molecule has 0 saturated heterocycles. The first kappa shape index (κ1) is 8.53. The van der Waals surface area contributed by atoms with Gasteiger partial charge in [0, 0.05) is 12.1 Å². The minimum absolute atomic E-state index is 0.232. The fourth-order valence-corrected chi connectivity index (χ4v) is 1.36. The Morgan fingerprint density at radius 3 is 2.64 bits per heavy atom. The first-order valence-corrected chi connectivity index (χ1v) is 4.09. The van der Waals surface area contributed by atoms with E-state index in [1.807, 2.05) is 0 Å². The van der Waals surface area contributed by atoms with Crippen molar-refractivity contribution in [3.8, 4) is 0 Å². The molecular formula is C8H15NO2. The third-order valence-corrected chi connectivity index (χ3v) is 2.35. The van der Waals surface area contributed by atoms with Crippen LogP contribution in [0.4, 0.5) is 0 Å². The van der Waals surface area contributed by atoms with Crippen LogP contribution >= 0.6 is 0 Å². The van der Waals surface area contributed by atoms with E-state index in [1.165, 1.54) is 19.3 Å². The number of carboxylic acid groups (broad SMARTS) is 1.